The van der Waals surface area contributed by atoms with E-state index in [1.165, 1.54) is 0 Å². The monoisotopic (exact) mass is 347 g/mol. The highest BCUT2D eigenvalue weighted by molar-refractivity contribution is 5.81. The molecule has 0 unspecified atom stereocenters. The largest absolute Gasteiger partial charge is 0.496 e. The van der Waals surface area contributed by atoms with Crippen molar-refractivity contribution in [3.8, 4) is 5.75 Å². The van der Waals surface area contributed by atoms with Gasteiger partial charge in [-0.25, -0.2) is 0 Å². The summed E-state index contributed by atoms with van der Waals surface area (Å²) >= 11 is 0. The lowest BCUT2D eigenvalue weighted by Gasteiger charge is -2.33. The highest BCUT2D eigenvalue weighted by Crippen LogP contribution is 2.41. The van der Waals surface area contributed by atoms with Gasteiger partial charge < -0.3 is 19.5 Å². The van der Waals surface area contributed by atoms with E-state index in [-0.39, 0.29) is 25.0 Å². The minimum atomic E-state index is -0.930. The van der Waals surface area contributed by atoms with Crippen molar-refractivity contribution >= 4 is 11.9 Å². The predicted molar refractivity (Wildman–Crippen MR) is 91.6 cm³/mol. The number of rotatable bonds is 5. The van der Waals surface area contributed by atoms with Gasteiger partial charge in [-0.3, -0.25) is 9.59 Å². The standard InChI is InChI=1S/C19H25NO5/c1-13-3-4-14(9-16(13)24-2)5-6-17(21)20-10-15-7-8-25-12-19(15,11-20)18(22)23/h3-4,9,15H,5-8,10-12H2,1-2H3,(H,22,23)/t15-,19+/m0/s1. The molecule has 2 saturated heterocycles. The number of hydrogen-bond acceptors (Lipinski definition) is 4. The number of hydrogen-bond donors (Lipinski definition) is 1. The quantitative estimate of drug-likeness (QED) is 0.880. The smallest absolute Gasteiger partial charge is 0.314 e. The van der Waals surface area contributed by atoms with E-state index in [1.807, 2.05) is 25.1 Å². The van der Waals surface area contributed by atoms with Crippen molar-refractivity contribution in [3.63, 3.8) is 0 Å². The zero-order valence-corrected chi connectivity index (χ0v) is 14.8. The third-order valence-electron chi connectivity index (χ3n) is 5.54. The van der Waals surface area contributed by atoms with Crippen LogP contribution < -0.4 is 4.74 Å². The molecule has 1 aromatic carbocycles. The minimum absolute atomic E-state index is 0.00886. The van der Waals surface area contributed by atoms with E-state index in [9.17, 15) is 14.7 Å². The Balaban J connectivity index is 1.63. The number of fused-ring (bicyclic) bond motifs is 1. The normalized spacial score (nSPS) is 25.5. The molecular formula is C19H25NO5. The van der Waals surface area contributed by atoms with Gasteiger partial charge in [0.25, 0.3) is 0 Å². The number of ether oxygens (including phenoxy) is 2. The van der Waals surface area contributed by atoms with Crippen LogP contribution >= 0.6 is 0 Å². The molecule has 136 valence electrons. The van der Waals surface area contributed by atoms with Crippen LogP contribution in [0.2, 0.25) is 0 Å². The van der Waals surface area contributed by atoms with Crippen molar-refractivity contribution in [2.24, 2.45) is 11.3 Å². The summed E-state index contributed by atoms with van der Waals surface area (Å²) in [7, 11) is 1.64. The molecule has 0 aromatic heterocycles. The van der Waals surface area contributed by atoms with E-state index in [4.69, 9.17) is 9.47 Å². The van der Waals surface area contributed by atoms with E-state index in [1.54, 1.807) is 12.0 Å². The SMILES string of the molecule is COc1cc(CCC(=O)N2C[C@@H]3CCOC[C@]3(C(=O)O)C2)ccc1C. The molecule has 0 bridgehead atoms. The molecule has 0 spiro atoms. The number of carbonyl (C=O) groups is 2. The van der Waals surface area contributed by atoms with Crippen LogP contribution in [0.3, 0.4) is 0 Å². The lowest BCUT2D eigenvalue weighted by atomic mass is 9.76. The number of methoxy groups -OCH3 is 1. The molecule has 6 nitrogen and oxygen atoms in total. The van der Waals surface area contributed by atoms with Crippen LogP contribution in [0, 0.1) is 18.3 Å². The first kappa shape index (κ1) is 17.7. The summed E-state index contributed by atoms with van der Waals surface area (Å²) in [5, 5.41) is 9.66. The summed E-state index contributed by atoms with van der Waals surface area (Å²) in [4.78, 5) is 26.1. The first-order chi connectivity index (χ1) is 12.0. The summed E-state index contributed by atoms with van der Waals surface area (Å²) in [5.74, 6) is -0.0355. The van der Waals surface area contributed by atoms with E-state index < -0.39 is 11.4 Å². The molecule has 0 saturated carbocycles. The molecule has 1 amide bonds. The molecule has 1 N–H and O–H groups in total. The number of carboxylic acid groups (broad SMARTS) is 1. The second-order valence-corrected chi connectivity index (χ2v) is 7.08. The molecule has 0 aliphatic carbocycles. The highest BCUT2D eigenvalue weighted by atomic mass is 16.5. The zero-order valence-electron chi connectivity index (χ0n) is 14.8. The fourth-order valence-corrected chi connectivity index (χ4v) is 3.91. The van der Waals surface area contributed by atoms with Gasteiger partial charge in [0.15, 0.2) is 0 Å². The molecule has 6 heteroatoms. The van der Waals surface area contributed by atoms with Crippen molar-refractivity contribution in [2.45, 2.75) is 26.2 Å². The Morgan fingerprint density at radius 2 is 2.24 bits per heavy atom. The number of aryl methyl sites for hydroxylation is 2. The van der Waals surface area contributed by atoms with E-state index >= 15 is 0 Å². The lowest BCUT2D eigenvalue weighted by Crippen LogP contribution is -2.46. The Morgan fingerprint density at radius 3 is 2.92 bits per heavy atom. The average molecular weight is 347 g/mol. The third-order valence-corrected chi connectivity index (χ3v) is 5.54. The van der Waals surface area contributed by atoms with Crippen molar-refractivity contribution in [3.05, 3.63) is 29.3 Å². The van der Waals surface area contributed by atoms with Crippen molar-refractivity contribution in [2.75, 3.05) is 33.4 Å². The zero-order chi connectivity index (χ0) is 18.0. The molecule has 25 heavy (non-hydrogen) atoms. The maximum absolute atomic E-state index is 12.6. The summed E-state index contributed by atoms with van der Waals surface area (Å²) in [6.45, 7) is 3.53. The predicted octanol–water partition coefficient (Wildman–Crippen LogP) is 1.89. The fraction of sp³-hybridized carbons (Fsp3) is 0.579. The summed E-state index contributed by atoms with van der Waals surface area (Å²) in [6, 6.07) is 5.94. The van der Waals surface area contributed by atoms with Gasteiger partial charge in [0.2, 0.25) is 5.91 Å². The van der Waals surface area contributed by atoms with E-state index in [0.29, 0.717) is 32.4 Å². The Hall–Kier alpha value is -2.08. The number of carboxylic acids is 1. The average Bonchev–Trinajstić information content (AvgIpc) is 3.02. The third kappa shape index (κ3) is 3.35. The highest BCUT2D eigenvalue weighted by Gasteiger charge is 2.55. The number of nitrogens with zero attached hydrogens (tertiary/aromatic N) is 1. The van der Waals surface area contributed by atoms with Gasteiger partial charge in [-0.15, -0.1) is 0 Å². The molecular weight excluding hydrogens is 322 g/mol. The van der Waals surface area contributed by atoms with Crippen LogP contribution in [0.25, 0.3) is 0 Å². The van der Waals surface area contributed by atoms with Crippen LogP contribution in [0.1, 0.15) is 24.0 Å². The lowest BCUT2D eigenvalue weighted by molar-refractivity contribution is -0.159. The molecule has 1 aromatic rings. The molecule has 2 aliphatic heterocycles. The van der Waals surface area contributed by atoms with Gasteiger partial charge in [-0.2, -0.15) is 0 Å². The Labute approximate surface area is 147 Å². The molecule has 0 radical (unpaired) electrons. The Bertz CT molecular complexity index is 674. The van der Waals surface area contributed by atoms with Crippen LogP contribution in [-0.2, 0) is 20.7 Å². The number of benzene rings is 1. The van der Waals surface area contributed by atoms with Gasteiger partial charge in [-0.1, -0.05) is 12.1 Å². The van der Waals surface area contributed by atoms with Crippen LogP contribution in [-0.4, -0.2) is 55.3 Å². The summed E-state index contributed by atoms with van der Waals surface area (Å²) < 4.78 is 10.7. The molecule has 2 atom stereocenters. The molecule has 2 aliphatic rings. The summed E-state index contributed by atoms with van der Waals surface area (Å²) in [5.41, 5.74) is 1.18. The summed E-state index contributed by atoms with van der Waals surface area (Å²) in [6.07, 6.45) is 1.69. The molecule has 2 fully saturated rings. The first-order valence-corrected chi connectivity index (χ1v) is 8.69. The second kappa shape index (κ2) is 7.04. The Kier molecular flexibility index (Phi) is 4.99. The van der Waals surface area contributed by atoms with Crippen LogP contribution in [0.15, 0.2) is 18.2 Å². The number of carbonyl (C=O) groups excluding carboxylic acids is 1. The van der Waals surface area contributed by atoms with Crippen LogP contribution in [0.4, 0.5) is 0 Å². The van der Waals surface area contributed by atoms with Crippen molar-refractivity contribution in [1.82, 2.24) is 4.90 Å². The van der Waals surface area contributed by atoms with E-state index in [2.05, 4.69) is 0 Å². The van der Waals surface area contributed by atoms with Gasteiger partial charge in [0.05, 0.1) is 13.7 Å². The van der Waals surface area contributed by atoms with E-state index in [0.717, 1.165) is 16.9 Å². The maximum atomic E-state index is 12.6. The number of amides is 1. The van der Waals surface area contributed by atoms with Gasteiger partial charge in [-0.05, 0) is 42.9 Å². The van der Waals surface area contributed by atoms with Crippen molar-refractivity contribution in [1.29, 1.82) is 0 Å². The molecule has 3 rings (SSSR count). The second-order valence-electron chi connectivity index (χ2n) is 7.08. The topological polar surface area (TPSA) is 76.1 Å². The molecule has 2 heterocycles. The fourth-order valence-electron chi connectivity index (χ4n) is 3.91. The van der Waals surface area contributed by atoms with Gasteiger partial charge in [0.1, 0.15) is 11.2 Å². The van der Waals surface area contributed by atoms with Gasteiger partial charge in [0, 0.05) is 26.1 Å². The first-order valence-electron chi connectivity index (χ1n) is 8.69. The number of aliphatic carboxylic acids is 1. The Morgan fingerprint density at radius 1 is 1.44 bits per heavy atom. The van der Waals surface area contributed by atoms with Gasteiger partial charge >= 0.3 is 5.97 Å². The van der Waals surface area contributed by atoms with Crippen LogP contribution in [0.5, 0.6) is 5.75 Å². The van der Waals surface area contributed by atoms with Crippen molar-refractivity contribution < 1.29 is 24.2 Å². The number of likely N-dealkylation sites (tertiary alicyclic amines) is 1. The maximum Gasteiger partial charge on any atom is 0.314 e. The minimum Gasteiger partial charge on any atom is -0.496 e.